The van der Waals surface area contributed by atoms with Crippen LogP contribution in [0.25, 0.3) is 0 Å². The second-order valence-electron chi connectivity index (χ2n) is 5.44. The van der Waals surface area contributed by atoms with Crippen LogP contribution in [0.3, 0.4) is 0 Å². The van der Waals surface area contributed by atoms with Crippen LogP contribution in [0.2, 0.25) is 0 Å². The molecule has 8 heteroatoms. The highest BCUT2D eigenvalue weighted by molar-refractivity contribution is 7.92. The van der Waals surface area contributed by atoms with Crippen LogP contribution in [0.15, 0.2) is 41.3 Å². The molecule has 0 spiro atoms. The van der Waals surface area contributed by atoms with Gasteiger partial charge < -0.3 is 14.2 Å². The summed E-state index contributed by atoms with van der Waals surface area (Å²) in [5.74, 6) is 0.445. The molecular formula is C17H17NO6S. The van der Waals surface area contributed by atoms with Gasteiger partial charge in [-0.15, -0.1) is 0 Å². The van der Waals surface area contributed by atoms with Crippen molar-refractivity contribution in [1.29, 1.82) is 0 Å². The summed E-state index contributed by atoms with van der Waals surface area (Å²) in [5, 5.41) is 0. The summed E-state index contributed by atoms with van der Waals surface area (Å²) < 4.78 is 43.4. The minimum absolute atomic E-state index is 0.00490. The van der Waals surface area contributed by atoms with Crippen LogP contribution < -0.4 is 14.2 Å². The van der Waals surface area contributed by atoms with Crippen LogP contribution in [-0.2, 0) is 14.8 Å². The molecule has 1 heterocycles. The summed E-state index contributed by atoms with van der Waals surface area (Å²) in [6.45, 7) is 2.51. The smallest absolute Gasteiger partial charge is 0.337 e. The third kappa shape index (κ3) is 3.53. The minimum atomic E-state index is -3.89. The SMILES string of the molecule is COC(=O)c1ccc(C)c(S(=O)(=O)Nc2ccc3c(c2)OCCO3)c1. The molecule has 0 aromatic heterocycles. The third-order valence-electron chi connectivity index (χ3n) is 3.69. The molecule has 0 saturated heterocycles. The summed E-state index contributed by atoms with van der Waals surface area (Å²) in [5.41, 5.74) is 1.01. The van der Waals surface area contributed by atoms with Crippen LogP contribution >= 0.6 is 0 Å². The van der Waals surface area contributed by atoms with Gasteiger partial charge in [0.2, 0.25) is 0 Å². The summed E-state index contributed by atoms with van der Waals surface area (Å²) in [6, 6.07) is 9.16. The van der Waals surface area contributed by atoms with Gasteiger partial charge in [-0.25, -0.2) is 13.2 Å². The molecule has 0 radical (unpaired) electrons. The third-order valence-corrected chi connectivity index (χ3v) is 5.22. The Bertz CT molecular complexity index is 923. The van der Waals surface area contributed by atoms with Gasteiger partial charge in [-0.1, -0.05) is 6.07 Å². The number of anilines is 1. The number of fused-ring (bicyclic) bond motifs is 1. The van der Waals surface area contributed by atoms with E-state index in [1.54, 1.807) is 31.2 Å². The maximum atomic E-state index is 12.7. The van der Waals surface area contributed by atoms with Gasteiger partial charge in [0.15, 0.2) is 11.5 Å². The van der Waals surface area contributed by atoms with Crippen molar-refractivity contribution in [2.24, 2.45) is 0 Å². The van der Waals surface area contributed by atoms with E-state index in [4.69, 9.17) is 9.47 Å². The van der Waals surface area contributed by atoms with Crippen molar-refractivity contribution >= 4 is 21.7 Å². The Balaban J connectivity index is 1.93. The van der Waals surface area contributed by atoms with Crippen molar-refractivity contribution in [2.75, 3.05) is 25.0 Å². The Kier molecular flexibility index (Phi) is 4.54. The fraction of sp³-hybridized carbons (Fsp3) is 0.235. The van der Waals surface area contributed by atoms with E-state index in [2.05, 4.69) is 9.46 Å². The molecule has 2 aromatic carbocycles. The zero-order valence-corrected chi connectivity index (χ0v) is 14.6. The first kappa shape index (κ1) is 17.1. The molecule has 3 rings (SSSR count). The maximum absolute atomic E-state index is 12.7. The molecule has 2 aromatic rings. The number of esters is 1. The Labute approximate surface area is 145 Å². The number of carbonyl (C=O) groups excluding carboxylic acids is 1. The predicted octanol–water partition coefficient (Wildman–Crippen LogP) is 2.35. The van der Waals surface area contributed by atoms with Crippen molar-refractivity contribution in [2.45, 2.75) is 11.8 Å². The number of nitrogens with one attached hydrogen (secondary N) is 1. The molecule has 7 nitrogen and oxygen atoms in total. The lowest BCUT2D eigenvalue weighted by molar-refractivity contribution is 0.0600. The van der Waals surface area contributed by atoms with E-state index < -0.39 is 16.0 Å². The van der Waals surface area contributed by atoms with E-state index in [1.165, 1.54) is 19.2 Å². The lowest BCUT2D eigenvalue weighted by atomic mass is 10.1. The fourth-order valence-electron chi connectivity index (χ4n) is 2.45. The van der Waals surface area contributed by atoms with Crippen molar-refractivity contribution in [3.8, 4) is 11.5 Å². The average molecular weight is 363 g/mol. The van der Waals surface area contributed by atoms with E-state index >= 15 is 0 Å². The number of benzene rings is 2. The van der Waals surface area contributed by atoms with Crippen LogP contribution in [0.1, 0.15) is 15.9 Å². The Hall–Kier alpha value is -2.74. The summed E-state index contributed by atoms with van der Waals surface area (Å²) >= 11 is 0. The molecule has 1 aliphatic rings. The van der Waals surface area contributed by atoms with Gasteiger partial charge >= 0.3 is 5.97 Å². The number of sulfonamides is 1. The van der Waals surface area contributed by atoms with Gasteiger partial charge in [-0.2, -0.15) is 0 Å². The van der Waals surface area contributed by atoms with E-state index in [0.717, 1.165) is 0 Å². The van der Waals surface area contributed by atoms with Gasteiger partial charge in [0.25, 0.3) is 10.0 Å². The number of hydrogen-bond donors (Lipinski definition) is 1. The molecule has 0 saturated carbocycles. The molecule has 0 amide bonds. The van der Waals surface area contributed by atoms with Gasteiger partial charge in [0.1, 0.15) is 13.2 Å². The van der Waals surface area contributed by atoms with E-state index in [1.807, 2.05) is 0 Å². The maximum Gasteiger partial charge on any atom is 0.337 e. The highest BCUT2D eigenvalue weighted by atomic mass is 32.2. The molecular weight excluding hydrogens is 346 g/mol. The van der Waals surface area contributed by atoms with Gasteiger partial charge in [0, 0.05) is 6.07 Å². The van der Waals surface area contributed by atoms with Gasteiger partial charge in [-0.3, -0.25) is 4.72 Å². The summed E-state index contributed by atoms with van der Waals surface area (Å²) in [7, 11) is -2.65. The molecule has 0 unspecified atom stereocenters. The summed E-state index contributed by atoms with van der Waals surface area (Å²) in [4.78, 5) is 11.7. The fourth-order valence-corrected chi connectivity index (χ4v) is 3.77. The zero-order valence-electron chi connectivity index (χ0n) is 13.7. The van der Waals surface area contributed by atoms with E-state index in [0.29, 0.717) is 36.0 Å². The van der Waals surface area contributed by atoms with Crippen molar-refractivity contribution in [1.82, 2.24) is 0 Å². The number of ether oxygens (including phenoxy) is 3. The van der Waals surface area contributed by atoms with Crippen molar-refractivity contribution < 1.29 is 27.4 Å². The Morgan fingerprint density at radius 1 is 1.08 bits per heavy atom. The van der Waals surface area contributed by atoms with Crippen LogP contribution in [-0.4, -0.2) is 34.7 Å². The molecule has 1 aliphatic heterocycles. The number of rotatable bonds is 4. The van der Waals surface area contributed by atoms with Crippen molar-refractivity contribution in [3.05, 3.63) is 47.5 Å². The second kappa shape index (κ2) is 6.64. The average Bonchev–Trinajstić information content (AvgIpc) is 2.61. The quantitative estimate of drug-likeness (QED) is 0.839. The molecule has 0 atom stereocenters. The molecule has 132 valence electrons. The molecule has 1 N–H and O–H groups in total. The number of carbonyl (C=O) groups is 1. The molecule has 0 bridgehead atoms. The van der Waals surface area contributed by atoms with Crippen LogP contribution in [0.5, 0.6) is 11.5 Å². The highest BCUT2D eigenvalue weighted by Gasteiger charge is 2.21. The molecule has 25 heavy (non-hydrogen) atoms. The number of aryl methyl sites for hydroxylation is 1. The second-order valence-corrected chi connectivity index (χ2v) is 7.09. The standard InChI is InChI=1S/C17H17NO6S/c1-11-3-4-12(17(19)22-2)9-16(11)25(20,21)18-13-5-6-14-15(10-13)24-8-7-23-14/h3-6,9-10,18H,7-8H2,1-2H3. The lowest BCUT2D eigenvalue weighted by Gasteiger charge is -2.19. The normalized spacial score (nSPS) is 13.2. The minimum Gasteiger partial charge on any atom is -0.486 e. The largest absolute Gasteiger partial charge is 0.486 e. The summed E-state index contributed by atoms with van der Waals surface area (Å²) in [6.07, 6.45) is 0. The van der Waals surface area contributed by atoms with Crippen LogP contribution in [0.4, 0.5) is 5.69 Å². The monoisotopic (exact) mass is 363 g/mol. The van der Waals surface area contributed by atoms with E-state index in [9.17, 15) is 13.2 Å². The first-order valence-electron chi connectivity index (χ1n) is 7.52. The number of methoxy groups -OCH3 is 1. The predicted molar refractivity (Wildman–Crippen MR) is 90.8 cm³/mol. The van der Waals surface area contributed by atoms with Gasteiger partial charge in [0.05, 0.1) is 23.3 Å². The molecule has 0 aliphatic carbocycles. The Morgan fingerprint density at radius 2 is 1.80 bits per heavy atom. The molecule has 0 fully saturated rings. The zero-order chi connectivity index (χ0) is 18.0. The topological polar surface area (TPSA) is 90.9 Å². The van der Waals surface area contributed by atoms with Crippen molar-refractivity contribution in [3.63, 3.8) is 0 Å². The first-order chi connectivity index (χ1) is 11.9. The van der Waals surface area contributed by atoms with E-state index in [-0.39, 0.29) is 10.5 Å². The first-order valence-corrected chi connectivity index (χ1v) is 9.00. The van der Waals surface area contributed by atoms with Gasteiger partial charge in [-0.05, 0) is 36.8 Å². The number of hydrogen-bond acceptors (Lipinski definition) is 6. The lowest BCUT2D eigenvalue weighted by Crippen LogP contribution is -2.17. The highest BCUT2D eigenvalue weighted by Crippen LogP contribution is 2.33. The Morgan fingerprint density at radius 3 is 2.52 bits per heavy atom. The van der Waals surface area contributed by atoms with Crippen LogP contribution in [0, 0.1) is 6.92 Å².